The maximum Gasteiger partial charge on any atom is 0.227 e. The monoisotopic (exact) mass is 278 g/mol. The van der Waals surface area contributed by atoms with Gasteiger partial charge < -0.3 is 10.2 Å². The lowest BCUT2D eigenvalue weighted by atomic mass is 10.0. The van der Waals surface area contributed by atoms with Gasteiger partial charge >= 0.3 is 0 Å². The highest BCUT2D eigenvalue weighted by Gasteiger charge is 2.23. The largest absolute Gasteiger partial charge is 0.341 e. The minimum absolute atomic E-state index is 0.0260. The minimum atomic E-state index is -0.293. The van der Waals surface area contributed by atoms with Crippen molar-refractivity contribution in [1.29, 1.82) is 0 Å². The fraction of sp³-hybridized carbons (Fsp3) is 0.562. The molecule has 1 fully saturated rings. The highest BCUT2D eigenvalue weighted by molar-refractivity contribution is 5.79. The van der Waals surface area contributed by atoms with Gasteiger partial charge in [-0.3, -0.25) is 4.79 Å². The van der Waals surface area contributed by atoms with Crippen molar-refractivity contribution >= 4 is 5.91 Å². The number of rotatable bonds is 5. The Kier molecular flexibility index (Phi) is 5.53. The molecule has 0 saturated carbocycles. The van der Waals surface area contributed by atoms with Crippen molar-refractivity contribution in [1.82, 2.24) is 10.2 Å². The number of halogens is 1. The Morgan fingerprint density at radius 3 is 3.00 bits per heavy atom. The number of carbonyl (C=O) groups is 1. The molecule has 20 heavy (non-hydrogen) atoms. The van der Waals surface area contributed by atoms with Crippen LogP contribution in [-0.4, -0.2) is 36.5 Å². The van der Waals surface area contributed by atoms with Gasteiger partial charge in [0.05, 0.1) is 6.42 Å². The van der Waals surface area contributed by atoms with E-state index < -0.39 is 0 Å². The van der Waals surface area contributed by atoms with Crippen LogP contribution in [0.5, 0.6) is 0 Å². The summed E-state index contributed by atoms with van der Waals surface area (Å²) < 4.78 is 13.6. The number of likely N-dealkylation sites (tertiary alicyclic amines) is 1. The van der Waals surface area contributed by atoms with E-state index in [1.165, 1.54) is 6.07 Å². The van der Waals surface area contributed by atoms with E-state index in [1.807, 2.05) is 4.90 Å². The summed E-state index contributed by atoms with van der Waals surface area (Å²) >= 11 is 0. The van der Waals surface area contributed by atoms with Crippen molar-refractivity contribution < 1.29 is 9.18 Å². The zero-order chi connectivity index (χ0) is 14.4. The Bertz CT molecular complexity index is 450. The highest BCUT2D eigenvalue weighted by Crippen LogP contribution is 2.14. The first kappa shape index (κ1) is 15.0. The average Bonchev–Trinajstić information content (AvgIpc) is 2.48. The minimum Gasteiger partial charge on any atom is -0.341 e. The van der Waals surface area contributed by atoms with E-state index in [4.69, 9.17) is 0 Å². The summed E-state index contributed by atoms with van der Waals surface area (Å²) in [6.07, 6.45) is 3.39. The molecular formula is C16H23FN2O. The number of carbonyl (C=O) groups excluding carboxylic acids is 1. The van der Waals surface area contributed by atoms with Gasteiger partial charge in [0, 0.05) is 19.1 Å². The zero-order valence-electron chi connectivity index (χ0n) is 12.1. The maximum atomic E-state index is 13.6. The molecule has 0 spiro atoms. The smallest absolute Gasteiger partial charge is 0.227 e. The number of nitrogens with zero attached hydrogens (tertiary/aromatic N) is 1. The molecule has 1 heterocycles. The lowest BCUT2D eigenvalue weighted by molar-refractivity contribution is -0.131. The van der Waals surface area contributed by atoms with Crippen LogP contribution in [0.4, 0.5) is 4.39 Å². The Hall–Kier alpha value is -1.42. The predicted octanol–water partition coefficient (Wildman–Crippen LogP) is 2.36. The zero-order valence-corrected chi connectivity index (χ0v) is 12.1. The van der Waals surface area contributed by atoms with Crippen molar-refractivity contribution in [2.45, 2.75) is 38.6 Å². The molecule has 1 aromatic rings. The van der Waals surface area contributed by atoms with E-state index in [0.717, 1.165) is 38.9 Å². The summed E-state index contributed by atoms with van der Waals surface area (Å²) in [6, 6.07) is 6.89. The van der Waals surface area contributed by atoms with E-state index in [-0.39, 0.29) is 18.1 Å². The van der Waals surface area contributed by atoms with Crippen LogP contribution in [0.25, 0.3) is 0 Å². The molecule has 1 aliphatic rings. The standard InChI is InChI=1S/C16H23FN2O/c1-2-9-18-14-7-5-10-19(12-14)16(20)11-13-6-3-4-8-15(13)17/h3-4,6,8,14,18H,2,5,7,9-12H2,1H3. The van der Waals surface area contributed by atoms with Crippen molar-refractivity contribution in [3.8, 4) is 0 Å². The molecule has 0 radical (unpaired) electrons. The van der Waals surface area contributed by atoms with Crippen LogP contribution in [0.3, 0.4) is 0 Å². The summed E-state index contributed by atoms with van der Waals surface area (Å²) in [4.78, 5) is 14.1. The number of amides is 1. The summed E-state index contributed by atoms with van der Waals surface area (Å²) in [5, 5.41) is 3.46. The molecule has 0 aliphatic carbocycles. The molecule has 0 bridgehead atoms. The van der Waals surface area contributed by atoms with Gasteiger partial charge in [0.1, 0.15) is 5.82 Å². The van der Waals surface area contributed by atoms with E-state index in [1.54, 1.807) is 18.2 Å². The SMILES string of the molecule is CCCNC1CCCN(C(=O)Cc2ccccc2F)C1. The molecule has 110 valence electrons. The first-order valence-corrected chi connectivity index (χ1v) is 7.45. The second kappa shape index (κ2) is 7.39. The van der Waals surface area contributed by atoms with Gasteiger partial charge in [-0.2, -0.15) is 0 Å². The number of hydrogen-bond acceptors (Lipinski definition) is 2. The Balaban J connectivity index is 1.90. The third kappa shape index (κ3) is 4.04. The van der Waals surface area contributed by atoms with Crippen LogP contribution in [0, 0.1) is 5.82 Å². The van der Waals surface area contributed by atoms with E-state index >= 15 is 0 Å². The summed E-state index contributed by atoms with van der Waals surface area (Å²) in [6.45, 7) is 4.65. The fourth-order valence-corrected chi connectivity index (χ4v) is 2.64. The van der Waals surface area contributed by atoms with Gasteiger partial charge in [0.25, 0.3) is 0 Å². The number of nitrogens with one attached hydrogen (secondary N) is 1. The number of benzene rings is 1. The van der Waals surface area contributed by atoms with E-state index in [2.05, 4.69) is 12.2 Å². The van der Waals surface area contributed by atoms with Crippen LogP contribution in [-0.2, 0) is 11.2 Å². The topological polar surface area (TPSA) is 32.3 Å². The van der Waals surface area contributed by atoms with Crippen LogP contribution in [0.1, 0.15) is 31.7 Å². The molecule has 1 aliphatic heterocycles. The van der Waals surface area contributed by atoms with Gasteiger partial charge in [-0.25, -0.2) is 4.39 Å². The van der Waals surface area contributed by atoms with Gasteiger partial charge in [-0.1, -0.05) is 25.1 Å². The molecule has 1 N–H and O–H groups in total. The van der Waals surface area contributed by atoms with Gasteiger partial charge in [-0.05, 0) is 37.4 Å². The first-order chi connectivity index (χ1) is 9.70. The lowest BCUT2D eigenvalue weighted by Gasteiger charge is -2.33. The summed E-state index contributed by atoms with van der Waals surface area (Å²) in [5.74, 6) is -0.267. The van der Waals surface area contributed by atoms with Gasteiger partial charge in [-0.15, -0.1) is 0 Å². The second-order valence-electron chi connectivity index (χ2n) is 5.40. The van der Waals surface area contributed by atoms with Crippen LogP contribution >= 0.6 is 0 Å². The predicted molar refractivity (Wildman–Crippen MR) is 78.0 cm³/mol. The van der Waals surface area contributed by atoms with E-state index in [0.29, 0.717) is 11.6 Å². The molecule has 3 nitrogen and oxygen atoms in total. The molecule has 1 saturated heterocycles. The molecule has 2 rings (SSSR count). The summed E-state index contributed by atoms with van der Waals surface area (Å²) in [5.41, 5.74) is 0.487. The summed E-state index contributed by atoms with van der Waals surface area (Å²) in [7, 11) is 0. The van der Waals surface area contributed by atoms with Gasteiger partial charge in [0.2, 0.25) is 5.91 Å². The lowest BCUT2D eigenvalue weighted by Crippen LogP contribution is -2.48. The highest BCUT2D eigenvalue weighted by atomic mass is 19.1. The third-order valence-electron chi connectivity index (χ3n) is 3.76. The Morgan fingerprint density at radius 1 is 1.45 bits per heavy atom. The molecule has 4 heteroatoms. The Labute approximate surface area is 120 Å². The quantitative estimate of drug-likeness (QED) is 0.896. The number of piperidine rings is 1. The van der Waals surface area contributed by atoms with Crippen LogP contribution in [0.2, 0.25) is 0 Å². The molecule has 0 aromatic heterocycles. The van der Waals surface area contributed by atoms with Crippen LogP contribution < -0.4 is 5.32 Å². The third-order valence-corrected chi connectivity index (χ3v) is 3.76. The van der Waals surface area contributed by atoms with Crippen molar-refractivity contribution in [3.05, 3.63) is 35.6 Å². The normalized spacial score (nSPS) is 19.1. The van der Waals surface area contributed by atoms with Gasteiger partial charge in [0.15, 0.2) is 0 Å². The van der Waals surface area contributed by atoms with Crippen LogP contribution in [0.15, 0.2) is 24.3 Å². The number of hydrogen-bond donors (Lipinski definition) is 1. The Morgan fingerprint density at radius 2 is 2.25 bits per heavy atom. The first-order valence-electron chi connectivity index (χ1n) is 7.45. The van der Waals surface area contributed by atoms with Crippen molar-refractivity contribution in [2.24, 2.45) is 0 Å². The maximum absolute atomic E-state index is 13.6. The average molecular weight is 278 g/mol. The van der Waals surface area contributed by atoms with E-state index in [9.17, 15) is 9.18 Å². The molecule has 1 aromatic carbocycles. The molecular weight excluding hydrogens is 255 g/mol. The molecule has 1 atom stereocenters. The van der Waals surface area contributed by atoms with Crippen molar-refractivity contribution in [3.63, 3.8) is 0 Å². The fourth-order valence-electron chi connectivity index (χ4n) is 2.64. The molecule has 1 amide bonds. The molecule has 1 unspecified atom stereocenters. The second-order valence-corrected chi connectivity index (χ2v) is 5.40. The van der Waals surface area contributed by atoms with Crippen molar-refractivity contribution in [2.75, 3.05) is 19.6 Å².